The van der Waals surface area contributed by atoms with E-state index in [2.05, 4.69) is 17.6 Å². The van der Waals surface area contributed by atoms with E-state index in [9.17, 15) is 4.79 Å². The lowest BCUT2D eigenvalue weighted by Gasteiger charge is -2.18. The molecule has 0 bridgehead atoms. The summed E-state index contributed by atoms with van der Waals surface area (Å²) in [4.78, 5) is 11.7. The first kappa shape index (κ1) is 13.5. The number of hydrogen-bond acceptors (Lipinski definition) is 2. The minimum atomic E-state index is -0.0373. The van der Waals surface area contributed by atoms with E-state index in [4.69, 9.17) is 0 Å². The summed E-state index contributed by atoms with van der Waals surface area (Å²) in [6.45, 7) is 4.96. The van der Waals surface area contributed by atoms with Gasteiger partial charge in [0, 0.05) is 12.6 Å². The second kappa shape index (κ2) is 7.66. The Morgan fingerprint density at radius 2 is 2.00 bits per heavy atom. The van der Waals surface area contributed by atoms with E-state index in [1.807, 2.05) is 6.92 Å². The third-order valence-electron chi connectivity index (χ3n) is 3.31. The Morgan fingerprint density at radius 1 is 1.31 bits per heavy atom. The van der Waals surface area contributed by atoms with Crippen LogP contribution in [0.5, 0.6) is 0 Å². The molecule has 3 heteroatoms. The van der Waals surface area contributed by atoms with E-state index in [0.29, 0.717) is 6.04 Å². The van der Waals surface area contributed by atoms with Crippen LogP contribution in [0.1, 0.15) is 58.8 Å². The summed E-state index contributed by atoms with van der Waals surface area (Å²) in [6, 6.07) is 0.529. The van der Waals surface area contributed by atoms with E-state index in [1.54, 1.807) is 0 Å². The maximum absolute atomic E-state index is 11.7. The second-order valence-corrected chi connectivity index (χ2v) is 4.87. The molecule has 1 amide bonds. The SMILES string of the molecule is CCCCCNC(=O)C(C)NC1CCCC1. The molecule has 3 nitrogen and oxygen atoms in total. The summed E-state index contributed by atoms with van der Waals surface area (Å²) in [5.74, 6) is 0.156. The molecule has 1 rings (SSSR count). The summed E-state index contributed by atoms with van der Waals surface area (Å²) < 4.78 is 0. The zero-order valence-electron chi connectivity index (χ0n) is 10.7. The first-order valence-corrected chi connectivity index (χ1v) is 6.77. The lowest BCUT2D eigenvalue weighted by atomic mass is 10.2. The molecule has 0 aliphatic heterocycles. The van der Waals surface area contributed by atoms with Gasteiger partial charge in [0.2, 0.25) is 5.91 Å². The van der Waals surface area contributed by atoms with Crippen molar-refractivity contribution in [3.8, 4) is 0 Å². The summed E-state index contributed by atoms with van der Waals surface area (Å²) in [6.07, 6.45) is 8.57. The molecule has 0 aromatic heterocycles. The molecule has 0 heterocycles. The van der Waals surface area contributed by atoms with Crippen LogP contribution in [-0.4, -0.2) is 24.5 Å². The first-order valence-electron chi connectivity index (χ1n) is 6.77. The van der Waals surface area contributed by atoms with Gasteiger partial charge < -0.3 is 10.6 Å². The molecule has 1 unspecified atom stereocenters. The first-order chi connectivity index (χ1) is 7.74. The zero-order valence-corrected chi connectivity index (χ0v) is 10.7. The van der Waals surface area contributed by atoms with Gasteiger partial charge >= 0.3 is 0 Å². The third kappa shape index (κ3) is 4.97. The third-order valence-corrected chi connectivity index (χ3v) is 3.31. The fourth-order valence-corrected chi connectivity index (χ4v) is 2.26. The Balaban J connectivity index is 2.09. The maximum Gasteiger partial charge on any atom is 0.236 e. The maximum atomic E-state index is 11.7. The van der Waals surface area contributed by atoms with Gasteiger partial charge in [-0.05, 0) is 26.2 Å². The van der Waals surface area contributed by atoms with Crippen molar-refractivity contribution in [1.82, 2.24) is 10.6 Å². The molecule has 1 fully saturated rings. The molecule has 0 aromatic rings. The average Bonchev–Trinajstić information content (AvgIpc) is 2.76. The smallest absolute Gasteiger partial charge is 0.236 e. The van der Waals surface area contributed by atoms with Crippen LogP contribution in [-0.2, 0) is 4.79 Å². The standard InChI is InChI=1S/C13H26N2O/c1-3-4-7-10-14-13(16)11(2)15-12-8-5-6-9-12/h11-12,15H,3-10H2,1-2H3,(H,14,16). The van der Waals surface area contributed by atoms with Crippen LogP contribution in [0.2, 0.25) is 0 Å². The normalized spacial score (nSPS) is 18.6. The highest BCUT2D eigenvalue weighted by Gasteiger charge is 2.20. The van der Waals surface area contributed by atoms with E-state index >= 15 is 0 Å². The van der Waals surface area contributed by atoms with E-state index in [-0.39, 0.29) is 11.9 Å². The molecule has 0 spiro atoms. The Kier molecular flexibility index (Phi) is 6.46. The van der Waals surface area contributed by atoms with Crippen molar-refractivity contribution < 1.29 is 4.79 Å². The number of nitrogens with one attached hydrogen (secondary N) is 2. The summed E-state index contributed by atoms with van der Waals surface area (Å²) in [5, 5.41) is 6.40. The predicted molar refractivity (Wildman–Crippen MR) is 67.4 cm³/mol. The van der Waals surface area contributed by atoms with Crippen LogP contribution in [0.3, 0.4) is 0 Å². The van der Waals surface area contributed by atoms with E-state index in [1.165, 1.54) is 38.5 Å². The highest BCUT2D eigenvalue weighted by molar-refractivity contribution is 5.81. The van der Waals surface area contributed by atoms with Crippen LogP contribution < -0.4 is 10.6 Å². The Bertz CT molecular complexity index is 200. The molecule has 2 N–H and O–H groups in total. The molecule has 0 radical (unpaired) electrons. The fourth-order valence-electron chi connectivity index (χ4n) is 2.26. The van der Waals surface area contributed by atoms with Crippen molar-refractivity contribution in [2.24, 2.45) is 0 Å². The summed E-state index contributed by atoms with van der Waals surface area (Å²) in [5.41, 5.74) is 0. The Labute approximate surface area is 99.4 Å². The van der Waals surface area contributed by atoms with Crippen molar-refractivity contribution in [2.45, 2.75) is 70.9 Å². The molecular formula is C13H26N2O. The van der Waals surface area contributed by atoms with Gasteiger partial charge in [-0.2, -0.15) is 0 Å². The van der Waals surface area contributed by atoms with Crippen molar-refractivity contribution >= 4 is 5.91 Å². The van der Waals surface area contributed by atoms with Crippen molar-refractivity contribution in [3.05, 3.63) is 0 Å². The lowest BCUT2D eigenvalue weighted by molar-refractivity contribution is -0.122. The number of carbonyl (C=O) groups is 1. The largest absolute Gasteiger partial charge is 0.355 e. The van der Waals surface area contributed by atoms with Crippen LogP contribution in [0, 0.1) is 0 Å². The summed E-state index contributed by atoms with van der Waals surface area (Å²) >= 11 is 0. The minimum Gasteiger partial charge on any atom is -0.355 e. The summed E-state index contributed by atoms with van der Waals surface area (Å²) in [7, 11) is 0. The topological polar surface area (TPSA) is 41.1 Å². The molecule has 1 aliphatic rings. The monoisotopic (exact) mass is 226 g/mol. The predicted octanol–water partition coefficient (Wildman–Crippen LogP) is 2.21. The van der Waals surface area contributed by atoms with Gasteiger partial charge in [0.25, 0.3) is 0 Å². The minimum absolute atomic E-state index is 0.0373. The molecule has 1 saturated carbocycles. The number of unbranched alkanes of at least 4 members (excludes halogenated alkanes) is 2. The van der Waals surface area contributed by atoms with Gasteiger partial charge in [-0.1, -0.05) is 32.6 Å². The Hall–Kier alpha value is -0.570. The van der Waals surface area contributed by atoms with Crippen molar-refractivity contribution in [1.29, 1.82) is 0 Å². The fraction of sp³-hybridized carbons (Fsp3) is 0.923. The van der Waals surface area contributed by atoms with Crippen molar-refractivity contribution in [3.63, 3.8) is 0 Å². The number of rotatable bonds is 7. The van der Waals surface area contributed by atoms with E-state index in [0.717, 1.165) is 13.0 Å². The highest BCUT2D eigenvalue weighted by atomic mass is 16.2. The van der Waals surface area contributed by atoms with Gasteiger partial charge in [-0.15, -0.1) is 0 Å². The molecular weight excluding hydrogens is 200 g/mol. The molecule has 94 valence electrons. The average molecular weight is 226 g/mol. The second-order valence-electron chi connectivity index (χ2n) is 4.87. The van der Waals surface area contributed by atoms with Gasteiger partial charge in [0.05, 0.1) is 6.04 Å². The lowest BCUT2D eigenvalue weighted by Crippen LogP contribution is -2.46. The number of carbonyl (C=O) groups excluding carboxylic acids is 1. The van der Waals surface area contributed by atoms with Gasteiger partial charge in [0.15, 0.2) is 0 Å². The van der Waals surface area contributed by atoms with Crippen LogP contribution in [0.4, 0.5) is 0 Å². The van der Waals surface area contributed by atoms with Crippen LogP contribution >= 0.6 is 0 Å². The molecule has 1 aliphatic carbocycles. The highest BCUT2D eigenvalue weighted by Crippen LogP contribution is 2.17. The molecule has 1 atom stereocenters. The van der Waals surface area contributed by atoms with Gasteiger partial charge in [-0.25, -0.2) is 0 Å². The Morgan fingerprint density at radius 3 is 2.62 bits per heavy atom. The van der Waals surface area contributed by atoms with Gasteiger partial charge in [-0.3, -0.25) is 4.79 Å². The van der Waals surface area contributed by atoms with Crippen LogP contribution in [0.25, 0.3) is 0 Å². The molecule has 0 aromatic carbocycles. The number of hydrogen-bond donors (Lipinski definition) is 2. The molecule has 0 saturated heterocycles. The quantitative estimate of drug-likeness (QED) is 0.654. The van der Waals surface area contributed by atoms with Gasteiger partial charge in [0.1, 0.15) is 0 Å². The van der Waals surface area contributed by atoms with E-state index < -0.39 is 0 Å². The number of amides is 1. The van der Waals surface area contributed by atoms with Crippen LogP contribution in [0.15, 0.2) is 0 Å². The van der Waals surface area contributed by atoms with Crippen molar-refractivity contribution in [2.75, 3.05) is 6.54 Å². The zero-order chi connectivity index (χ0) is 11.8. The molecule has 16 heavy (non-hydrogen) atoms.